The molecule has 2 aromatic rings. The number of aryl methyl sites for hydroxylation is 1. The second-order valence-electron chi connectivity index (χ2n) is 5.76. The predicted octanol–water partition coefficient (Wildman–Crippen LogP) is 2.99. The second kappa shape index (κ2) is 8.31. The van der Waals surface area contributed by atoms with E-state index in [1.807, 2.05) is 19.1 Å². The zero-order valence-corrected chi connectivity index (χ0v) is 17.5. The van der Waals surface area contributed by atoms with Gasteiger partial charge in [-0.05, 0) is 65.4 Å². The Kier molecular flexibility index (Phi) is 6.58. The second-order valence-corrected chi connectivity index (χ2v) is 9.07. The summed E-state index contributed by atoms with van der Waals surface area (Å²) in [6, 6.07) is 10.9. The topological polar surface area (TPSA) is 69.7 Å². The standard InChI is InChI=1S/C17H19FIN3O3S/c1-12-10-13(19)8-9-15(12)20-17(23)11-22(26(24,25)21(2)3)16-7-5-4-6-14(16)18/h4-10H,11H2,1-3H3,(H,20,23). The molecule has 0 aromatic heterocycles. The summed E-state index contributed by atoms with van der Waals surface area (Å²) in [5.41, 5.74) is 1.24. The van der Waals surface area contributed by atoms with Crippen LogP contribution in [0.2, 0.25) is 0 Å². The minimum Gasteiger partial charge on any atom is -0.324 e. The highest BCUT2D eigenvalue weighted by molar-refractivity contribution is 14.1. The smallest absolute Gasteiger partial charge is 0.304 e. The number of nitrogens with zero attached hydrogens (tertiary/aromatic N) is 2. The Morgan fingerprint density at radius 2 is 1.85 bits per heavy atom. The Labute approximate surface area is 166 Å². The fraction of sp³-hybridized carbons (Fsp3) is 0.235. The Morgan fingerprint density at radius 1 is 1.19 bits per heavy atom. The summed E-state index contributed by atoms with van der Waals surface area (Å²) >= 11 is 2.16. The molecule has 0 aliphatic carbocycles. The third kappa shape index (κ3) is 4.71. The summed E-state index contributed by atoms with van der Waals surface area (Å²) in [4.78, 5) is 12.5. The van der Waals surface area contributed by atoms with E-state index in [1.54, 1.807) is 6.07 Å². The van der Waals surface area contributed by atoms with Gasteiger partial charge in [-0.25, -0.2) is 8.70 Å². The summed E-state index contributed by atoms with van der Waals surface area (Å²) in [5, 5.41) is 2.68. The molecular formula is C17H19FIN3O3S. The number of rotatable bonds is 6. The van der Waals surface area contributed by atoms with Gasteiger partial charge in [-0.3, -0.25) is 4.79 Å². The summed E-state index contributed by atoms with van der Waals surface area (Å²) in [5.74, 6) is -1.29. The van der Waals surface area contributed by atoms with E-state index in [2.05, 4.69) is 27.9 Å². The van der Waals surface area contributed by atoms with Gasteiger partial charge in [-0.2, -0.15) is 12.7 Å². The van der Waals surface area contributed by atoms with Crippen LogP contribution in [-0.2, 0) is 15.0 Å². The highest BCUT2D eigenvalue weighted by Gasteiger charge is 2.29. The molecule has 9 heteroatoms. The van der Waals surface area contributed by atoms with Crippen LogP contribution in [0.1, 0.15) is 5.56 Å². The third-order valence-corrected chi connectivity index (χ3v) is 6.09. The van der Waals surface area contributed by atoms with Crippen molar-refractivity contribution >= 4 is 50.1 Å². The van der Waals surface area contributed by atoms with Crippen LogP contribution in [0.4, 0.5) is 15.8 Å². The maximum absolute atomic E-state index is 14.2. The number of para-hydroxylation sites is 1. The molecule has 0 aliphatic rings. The summed E-state index contributed by atoms with van der Waals surface area (Å²) in [6.07, 6.45) is 0. The van der Waals surface area contributed by atoms with E-state index < -0.39 is 28.5 Å². The first-order valence-electron chi connectivity index (χ1n) is 7.63. The average molecular weight is 491 g/mol. The first-order chi connectivity index (χ1) is 12.1. The van der Waals surface area contributed by atoms with Gasteiger partial charge in [0.1, 0.15) is 12.4 Å². The lowest BCUT2D eigenvalue weighted by Crippen LogP contribution is -2.44. The van der Waals surface area contributed by atoms with Crippen LogP contribution >= 0.6 is 22.6 Å². The molecule has 2 rings (SSSR count). The number of hydrogen-bond donors (Lipinski definition) is 1. The quantitative estimate of drug-likeness (QED) is 0.632. The molecule has 1 N–H and O–H groups in total. The van der Waals surface area contributed by atoms with Crippen molar-refractivity contribution < 1.29 is 17.6 Å². The van der Waals surface area contributed by atoms with Gasteiger partial charge in [-0.1, -0.05) is 12.1 Å². The van der Waals surface area contributed by atoms with E-state index in [-0.39, 0.29) is 5.69 Å². The molecule has 0 heterocycles. The molecule has 0 saturated carbocycles. The number of benzene rings is 2. The Bertz CT molecular complexity index is 919. The summed E-state index contributed by atoms with van der Waals surface area (Å²) in [6.45, 7) is 1.29. The molecule has 0 unspecified atom stereocenters. The van der Waals surface area contributed by atoms with Gasteiger partial charge in [0, 0.05) is 23.4 Å². The highest BCUT2D eigenvalue weighted by atomic mass is 127. The van der Waals surface area contributed by atoms with Gasteiger partial charge in [0.25, 0.3) is 0 Å². The van der Waals surface area contributed by atoms with E-state index in [9.17, 15) is 17.6 Å². The fourth-order valence-electron chi connectivity index (χ4n) is 2.23. The van der Waals surface area contributed by atoms with Crippen molar-refractivity contribution in [3.63, 3.8) is 0 Å². The number of hydrogen-bond acceptors (Lipinski definition) is 3. The summed E-state index contributed by atoms with van der Waals surface area (Å²) in [7, 11) is -1.41. The lowest BCUT2D eigenvalue weighted by atomic mass is 10.2. The van der Waals surface area contributed by atoms with Crippen molar-refractivity contribution in [3.05, 3.63) is 57.4 Å². The molecule has 0 spiro atoms. The van der Waals surface area contributed by atoms with Gasteiger partial charge < -0.3 is 5.32 Å². The molecule has 0 fully saturated rings. The first-order valence-corrected chi connectivity index (χ1v) is 10.1. The van der Waals surface area contributed by atoms with E-state index in [4.69, 9.17) is 0 Å². The maximum atomic E-state index is 14.2. The average Bonchev–Trinajstić information content (AvgIpc) is 2.56. The van der Waals surface area contributed by atoms with Crippen molar-refractivity contribution in [2.45, 2.75) is 6.92 Å². The van der Waals surface area contributed by atoms with Crippen LogP contribution in [0.25, 0.3) is 0 Å². The van der Waals surface area contributed by atoms with E-state index >= 15 is 0 Å². The van der Waals surface area contributed by atoms with Crippen LogP contribution in [0.15, 0.2) is 42.5 Å². The fourth-order valence-corrected chi connectivity index (χ4v) is 3.95. The zero-order chi connectivity index (χ0) is 19.5. The van der Waals surface area contributed by atoms with E-state index in [0.717, 1.165) is 23.8 Å². The van der Waals surface area contributed by atoms with Gasteiger partial charge in [0.05, 0.1) is 5.69 Å². The van der Waals surface area contributed by atoms with Crippen LogP contribution in [0, 0.1) is 16.3 Å². The van der Waals surface area contributed by atoms with E-state index in [1.165, 1.54) is 32.3 Å². The lowest BCUT2D eigenvalue weighted by Gasteiger charge is -2.27. The van der Waals surface area contributed by atoms with Crippen molar-refractivity contribution in [1.82, 2.24) is 4.31 Å². The van der Waals surface area contributed by atoms with Crippen molar-refractivity contribution in [2.24, 2.45) is 0 Å². The number of nitrogens with one attached hydrogen (secondary N) is 1. The predicted molar refractivity (Wildman–Crippen MR) is 109 cm³/mol. The lowest BCUT2D eigenvalue weighted by molar-refractivity contribution is -0.114. The molecule has 140 valence electrons. The molecule has 6 nitrogen and oxygen atoms in total. The van der Waals surface area contributed by atoms with Crippen molar-refractivity contribution in [3.8, 4) is 0 Å². The monoisotopic (exact) mass is 491 g/mol. The Hall–Kier alpha value is -1.72. The van der Waals surface area contributed by atoms with Crippen LogP contribution in [0.5, 0.6) is 0 Å². The van der Waals surface area contributed by atoms with Crippen molar-refractivity contribution in [2.75, 3.05) is 30.3 Å². The van der Waals surface area contributed by atoms with Crippen LogP contribution in [-0.4, -0.2) is 39.3 Å². The SMILES string of the molecule is Cc1cc(I)ccc1NC(=O)CN(c1ccccc1F)S(=O)(=O)N(C)C. The molecule has 0 saturated heterocycles. The molecule has 0 radical (unpaired) electrons. The third-order valence-electron chi connectivity index (χ3n) is 3.61. The number of carbonyl (C=O) groups excluding carboxylic acids is 1. The van der Waals surface area contributed by atoms with Gasteiger partial charge in [0.2, 0.25) is 5.91 Å². The van der Waals surface area contributed by atoms with Gasteiger partial charge in [0.15, 0.2) is 0 Å². The number of anilines is 2. The number of carbonyl (C=O) groups is 1. The van der Waals surface area contributed by atoms with Gasteiger partial charge in [-0.15, -0.1) is 0 Å². The molecule has 0 bridgehead atoms. The number of halogens is 2. The Morgan fingerprint density at radius 3 is 2.42 bits per heavy atom. The molecule has 2 aromatic carbocycles. The molecule has 0 aliphatic heterocycles. The van der Waals surface area contributed by atoms with Crippen LogP contribution in [0.3, 0.4) is 0 Å². The molecular weight excluding hydrogens is 472 g/mol. The normalized spacial score (nSPS) is 11.5. The highest BCUT2D eigenvalue weighted by Crippen LogP contribution is 2.23. The molecule has 0 atom stereocenters. The Balaban J connectivity index is 2.32. The zero-order valence-electron chi connectivity index (χ0n) is 14.5. The van der Waals surface area contributed by atoms with Crippen LogP contribution < -0.4 is 9.62 Å². The van der Waals surface area contributed by atoms with E-state index in [0.29, 0.717) is 5.69 Å². The molecule has 1 amide bonds. The largest absolute Gasteiger partial charge is 0.324 e. The summed E-state index contributed by atoms with van der Waals surface area (Å²) < 4.78 is 42.0. The minimum absolute atomic E-state index is 0.185. The van der Waals surface area contributed by atoms with Gasteiger partial charge >= 0.3 is 10.2 Å². The number of amides is 1. The minimum atomic E-state index is -4.05. The molecule has 26 heavy (non-hydrogen) atoms. The van der Waals surface area contributed by atoms with Crippen molar-refractivity contribution in [1.29, 1.82) is 0 Å². The first kappa shape index (κ1) is 20.6. The maximum Gasteiger partial charge on any atom is 0.304 e.